The molecule has 0 radical (unpaired) electrons. The van der Waals surface area contributed by atoms with E-state index >= 15 is 0 Å². The Hall–Kier alpha value is -2.31. The smallest absolute Gasteiger partial charge is 0.280 e. The fraction of sp³-hybridized carbons (Fsp3) is 0.333. The van der Waals surface area contributed by atoms with Crippen molar-refractivity contribution >= 4 is 44.7 Å². The average molecular weight is 512 g/mol. The average Bonchev–Trinajstić information content (AvgIpc) is 3.31. The second kappa shape index (κ2) is 8.80. The third-order valence-electron chi connectivity index (χ3n) is 5.78. The van der Waals surface area contributed by atoms with Gasteiger partial charge in [0.05, 0.1) is 16.8 Å². The zero-order valence-corrected chi connectivity index (χ0v) is 20.8. The summed E-state index contributed by atoms with van der Waals surface area (Å²) in [5, 5.41) is 6.95. The lowest BCUT2D eigenvalue weighted by molar-refractivity contribution is -0.120. The van der Waals surface area contributed by atoms with Crippen molar-refractivity contribution in [3.05, 3.63) is 57.4 Å². The monoisotopic (exact) mass is 511 g/mol. The highest BCUT2D eigenvalue weighted by molar-refractivity contribution is 7.87. The molecule has 0 aliphatic carbocycles. The molecule has 3 heterocycles. The van der Waals surface area contributed by atoms with Crippen molar-refractivity contribution in [1.82, 2.24) is 18.8 Å². The number of nitrogens with zero attached hydrogens (tertiary/aromatic N) is 3. The topological polar surface area (TPSA) is 96.3 Å². The minimum Gasteiger partial charge on any atom is -0.325 e. The zero-order valence-electron chi connectivity index (χ0n) is 18.4. The van der Waals surface area contributed by atoms with Gasteiger partial charge in [0.2, 0.25) is 5.91 Å². The van der Waals surface area contributed by atoms with E-state index in [1.54, 1.807) is 0 Å². The van der Waals surface area contributed by atoms with Gasteiger partial charge < -0.3 is 5.32 Å². The SMILES string of the molecule is Cc1nn(C)c(C)c1-c1ccc([C@H]2C[C@@H](C(=O)Nc3ccc(F)c(Cl)c3)N(C)S(=O)(=O)N2)s1. The third kappa shape index (κ3) is 4.56. The van der Waals surface area contributed by atoms with Crippen LogP contribution in [0.25, 0.3) is 10.4 Å². The highest BCUT2D eigenvalue weighted by Crippen LogP contribution is 2.38. The molecular formula is C21H23ClFN5O3S2. The first-order valence-corrected chi connectivity index (χ1v) is 12.7. The van der Waals surface area contributed by atoms with Crippen LogP contribution in [0.2, 0.25) is 5.02 Å². The van der Waals surface area contributed by atoms with E-state index in [0.29, 0.717) is 0 Å². The zero-order chi connectivity index (χ0) is 24.1. The number of likely N-dealkylation sites (N-methyl/N-ethyl adjacent to an activating group) is 1. The van der Waals surface area contributed by atoms with Gasteiger partial charge in [-0.1, -0.05) is 11.6 Å². The first-order valence-electron chi connectivity index (χ1n) is 10.1. The molecule has 3 aromatic rings. The van der Waals surface area contributed by atoms with E-state index in [2.05, 4.69) is 15.1 Å². The normalized spacial score (nSPS) is 20.7. The summed E-state index contributed by atoms with van der Waals surface area (Å²) in [6, 6.07) is 6.08. The highest BCUT2D eigenvalue weighted by atomic mass is 35.5. The van der Waals surface area contributed by atoms with E-state index in [4.69, 9.17) is 11.6 Å². The number of aryl methyl sites for hydroxylation is 2. The van der Waals surface area contributed by atoms with Gasteiger partial charge in [0.1, 0.15) is 11.9 Å². The Kier molecular flexibility index (Phi) is 6.36. The molecule has 1 aliphatic rings. The van der Waals surface area contributed by atoms with Crippen molar-refractivity contribution in [2.45, 2.75) is 32.4 Å². The molecule has 2 atom stereocenters. The summed E-state index contributed by atoms with van der Waals surface area (Å²) in [6.07, 6.45) is 0.224. The minimum absolute atomic E-state index is 0.135. The molecule has 4 rings (SSSR count). The molecule has 0 spiro atoms. The second-order valence-corrected chi connectivity index (χ2v) is 11.2. The fourth-order valence-electron chi connectivity index (χ4n) is 3.90. The van der Waals surface area contributed by atoms with Gasteiger partial charge in [-0.05, 0) is 50.6 Å². The first kappa shape index (κ1) is 23.8. The summed E-state index contributed by atoms with van der Waals surface area (Å²) < 4.78 is 44.5. The van der Waals surface area contributed by atoms with Crippen molar-refractivity contribution in [1.29, 1.82) is 0 Å². The quantitative estimate of drug-likeness (QED) is 0.557. The van der Waals surface area contributed by atoms with Gasteiger partial charge in [-0.15, -0.1) is 11.3 Å². The van der Waals surface area contributed by atoms with Crippen LogP contribution in [-0.4, -0.2) is 41.5 Å². The van der Waals surface area contributed by atoms with Gasteiger partial charge in [0, 0.05) is 40.8 Å². The number of hydrogen-bond acceptors (Lipinski definition) is 5. The number of hydrogen-bond donors (Lipinski definition) is 2. The lowest BCUT2D eigenvalue weighted by Gasteiger charge is -2.35. The van der Waals surface area contributed by atoms with Crippen LogP contribution in [0.15, 0.2) is 30.3 Å². The fourth-order valence-corrected chi connectivity index (χ4v) is 6.64. The number of amides is 1. The minimum atomic E-state index is -3.90. The Morgan fingerprint density at radius 3 is 2.64 bits per heavy atom. The van der Waals surface area contributed by atoms with Crippen LogP contribution in [0.5, 0.6) is 0 Å². The summed E-state index contributed by atoms with van der Waals surface area (Å²) >= 11 is 7.26. The van der Waals surface area contributed by atoms with Crippen LogP contribution < -0.4 is 10.0 Å². The largest absolute Gasteiger partial charge is 0.325 e. The lowest BCUT2D eigenvalue weighted by Crippen LogP contribution is -2.55. The highest BCUT2D eigenvalue weighted by Gasteiger charge is 2.41. The van der Waals surface area contributed by atoms with Gasteiger partial charge in [0.25, 0.3) is 10.2 Å². The van der Waals surface area contributed by atoms with E-state index in [0.717, 1.165) is 37.1 Å². The Morgan fingerprint density at radius 1 is 1.27 bits per heavy atom. The molecule has 2 aromatic heterocycles. The summed E-state index contributed by atoms with van der Waals surface area (Å²) in [4.78, 5) is 14.7. The number of halogens is 2. The third-order valence-corrected chi connectivity index (χ3v) is 8.88. The molecule has 0 unspecified atom stereocenters. The maximum atomic E-state index is 13.4. The van der Waals surface area contributed by atoms with Gasteiger partial charge in [-0.25, -0.2) is 4.39 Å². The van der Waals surface area contributed by atoms with Crippen molar-refractivity contribution in [3.8, 4) is 10.4 Å². The molecule has 1 fully saturated rings. The van der Waals surface area contributed by atoms with Crippen LogP contribution in [0, 0.1) is 19.7 Å². The van der Waals surface area contributed by atoms with Crippen LogP contribution >= 0.6 is 22.9 Å². The summed E-state index contributed by atoms with van der Waals surface area (Å²) in [5.41, 5.74) is 3.21. The molecule has 33 heavy (non-hydrogen) atoms. The molecular weight excluding hydrogens is 489 g/mol. The Balaban J connectivity index is 1.60. The number of carbonyl (C=O) groups excluding carboxylic acids is 1. The van der Waals surface area contributed by atoms with Crippen molar-refractivity contribution in [3.63, 3.8) is 0 Å². The van der Waals surface area contributed by atoms with Gasteiger partial charge >= 0.3 is 0 Å². The molecule has 2 N–H and O–H groups in total. The molecule has 12 heteroatoms. The van der Waals surface area contributed by atoms with Crippen LogP contribution in [-0.2, 0) is 22.1 Å². The molecule has 8 nitrogen and oxygen atoms in total. The summed E-state index contributed by atoms with van der Waals surface area (Å²) in [7, 11) is -0.673. The van der Waals surface area contributed by atoms with Gasteiger partial charge in [-0.2, -0.15) is 22.5 Å². The van der Waals surface area contributed by atoms with E-state index < -0.39 is 34.0 Å². The maximum absolute atomic E-state index is 13.4. The van der Waals surface area contributed by atoms with Crippen LogP contribution in [0.3, 0.4) is 0 Å². The molecule has 1 saturated heterocycles. The number of anilines is 1. The number of benzene rings is 1. The molecule has 176 valence electrons. The number of thiophene rings is 1. The number of nitrogens with one attached hydrogen (secondary N) is 2. The van der Waals surface area contributed by atoms with E-state index in [-0.39, 0.29) is 17.1 Å². The van der Waals surface area contributed by atoms with E-state index in [1.807, 2.05) is 37.7 Å². The van der Waals surface area contributed by atoms with Crippen LogP contribution in [0.4, 0.5) is 10.1 Å². The molecule has 1 aliphatic heterocycles. The van der Waals surface area contributed by atoms with Crippen LogP contribution in [0.1, 0.15) is 28.7 Å². The summed E-state index contributed by atoms with van der Waals surface area (Å²) in [5.74, 6) is -1.13. The van der Waals surface area contributed by atoms with E-state index in [1.165, 1.54) is 30.5 Å². The van der Waals surface area contributed by atoms with Crippen molar-refractivity contribution in [2.75, 3.05) is 12.4 Å². The second-order valence-electron chi connectivity index (χ2n) is 7.93. The standard InChI is InChI=1S/C21H23ClFN5O3S2/c1-11-20(12(2)27(3)25-11)19-8-7-18(32-19)16-10-17(28(4)33(30,31)26-16)21(29)24-13-5-6-15(23)14(22)9-13/h5-9,16-17,26H,10H2,1-4H3,(H,24,29)/t16-,17+/m1/s1. The predicted octanol–water partition coefficient (Wildman–Crippen LogP) is 3.78. The lowest BCUT2D eigenvalue weighted by atomic mass is 10.1. The van der Waals surface area contributed by atoms with E-state index in [9.17, 15) is 17.6 Å². The van der Waals surface area contributed by atoms with Crippen molar-refractivity contribution < 1.29 is 17.6 Å². The van der Waals surface area contributed by atoms with Gasteiger partial charge in [0.15, 0.2) is 0 Å². The van der Waals surface area contributed by atoms with Gasteiger partial charge in [-0.3, -0.25) is 9.48 Å². The summed E-state index contributed by atoms with van der Waals surface area (Å²) in [6.45, 7) is 3.91. The predicted molar refractivity (Wildman–Crippen MR) is 127 cm³/mol. The number of rotatable bonds is 4. The molecule has 0 bridgehead atoms. The molecule has 1 amide bonds. The maximum Gasteiger partial charge on any atom is 0.280 e. The number of carbonyl (C=O) groups is 1. The first-order chi connectivity index (χ1) is 15.5. The Labute approximate surface area is 200 Å². The number of aromatic nitrogens is 2. The Bertz CT molecular complexity index is 1340. The van der Waals surface area contributed by atoms with Crippen molar-refractivity contribution in [2.24, 2.45) is 7.05 Å². The Morgan fingerprint density at radius 2 is 2.00 bits per heavy atom. The molecule has 0 saturated carbocycles. The molecule has 1 aromatic carbocycles.